The first kappa shape index (κ1) is 16.5. The van der Waals surface area contributed by atoms with Gasteiger partial charge >= 0.3 is 0 Å². The maximum Gasteiger partial charge on any atom is 0.228 e. The van der Waals surface area contributed by atoms with Gasteiger partial charge in [0, 0.05) is 15.7 Å². The van der Waals surface area contributed by atoms with Crippen molar-refractivity contribution in [3.63, 3.8) is 0 Å². The van der Waals surface area contributed by atoms with Gasteiger partial charge in [0.1, 0.15) is 5.52 Å². The van der Waals surface area contributed by atoms with E-state index in [1.54, 1.807) is 0 Å². The zero-order chi connectivity index (χ0) is 17.9. The minimum atomic E-state index is -0.0772. The fraction of sp³-hybridized carbons (Fsp3) is 0.0476. The van der Waals surface area contributed by atoms with Crippen molar-refractivity contribution < 1.29 is 9.21 Å². The second kappa shape index (κ2) is 7.14. The van der Waals surface area contributed by atoms with E-state index in [1.807, 2.05) is 72.8 Å². The number of oxazole rings is 1. The molecule has 0 fully saturated rings. The predicted octanol–water partition coefficient (Wildman–Crippen LogP) is 5.44. The van der Waals surface area contributed by atoms with Gasteiger partial charge in [0.2, 0.25) is 11.8 Å². The summed E-state index contributed by atoms with van der Waals surface area (Å²) in [5.74, 6) is 0.458. The van der Waals surface area contributed by atoms with Gasteiger partial charge in [0.15, 0.2) is 5.58 Å². The Kier molecular flexibility index (Phi) is 4.54. The molecule has 0 aliphatic carbocycles. The normalized spacial score (nSPS) is 10.8. The van der Waals surface area contributed by atoms with E-state index in [1.165, 1.54) is 0 Å². The van der Waals surface area contributed by atoms with E-state index in [9.17, 15) is 4.79 Å². The van der Waals surface area contributed by atoms with E-state index in [0.717, 1.165) is 26.7 Å². The highest BCUT2D eigenvalue weighted by molar-refractivity contribution is 9.10. The van der Waals surface area contributed by atoms with Crippen LogP contribution in [-0.2, 0) is 11.2 Å². The molecule has 0 aliphatic rings. The number of amides is 1. The molecule has 4 nitrogen and oxygen atoms in total. The highest BCUT2D eigenvalue weighted by atomic mass is 79.9. The van der Waals surface area contributed by atoms with Crippen molar-refractivity contribution in [3.05, 3.63) is 82.8 Å². The van der Waals surface area contributed by atoms with Crippen molar-refractivity contribution in [2.24, 2.45) is 0 Å². The van der Waals surface area contributed by atoms with Crippen molar-refractivity contribution in [1.82, 2.24) is 4.98 Å². The molecule has 128 valence electrons. The van der Waals surface area contributed by atoms with Crippen molar-refractivity contribution in [2.45, 2.75) is 6.42 Å². The number of rotatable bonds is 4. The highest BCUT2D eigenvalue weighted by Gasteiger charge is 2.10. The molecule has 0 aliphatic heterocycles. The third kappa shape index (κ3) is 3.53. The maximum atomic E-state index is 12.4. The molecule has 3 aromatic carbocycles. The zero-order valence-corrected chi connectivity index (χ0v) is 15.4. The molecule has 4 aromatic rings. The second-order valence-corrected chi connectivity index (χ2v) is 6.74. The molecule has 26 heavy (non-hydrogen) atoms. The predicted molar refractivity (Wildman–Crippen MR) is 106 cm³/mol. The van der Waals surface area contributed by atoms with Gasteiger partial charge in [-0.3, -0.25) is 4.79 Å². The summed E-state index contributed by atoms with van der Waals surface area (Å²) in [6, 6.07) is 22.8. The smallest absolute Gasteiger partial charge is 0.228 e. The van der Waals surface area contributed by atoms with Gasteiger partial charge < -0.3 is 9.73 Å². The number of fused-ring (bicyclic) bond motifs is 1. The Balaban J connectivity index is 1.54. The number of benzene rings is 3. The quantitative estimate of drug-likeness (QED) is 0.490. The summed E-state index contributed by atoms with van der Waals surface area (Å²) in [4.78, 5) is 16.8. The molecule has 4 rings (SSSR count). The number of aromatic nitrogens is 1. The van der Waals surface area contributed by atoms with Crippen molar-refractivity contribution >= 4 is 38.6 Å². The first-order valence-corrected chi connectivity index (χ1v) is 8.97. The number of hydrogen-bond donors (Lipinski definition) is 1. The van der Waals surface area contributed by atoms with Gasteiger partial charge in [-0.15, -0.1) is 0 Å². The largest absolute Gasteiger partial charge is 0.436 e. The Hall–Kier alpha value is -2.92. The lowest BCUT2D eigenvalue weighted by molar-refractivity contribution is -0.115. The molecule has 0 spiro atoms. The lowest BCUT2D eigenvalue weighted by Gasteiger charge is -2.07. The SMILES string of the molecule is O=C(Cc1ccccc1Br)Nc1cccc(-c2nc3ccccc3o2)c1. The monoisotopic (exact) mass is 406 g/mol. The molecule has 0 radical (unpaired) electrons. The molecular formula is C21H15BrN2O2. The van der Waals surface area contributed by atoms with Crippen LogP contribution in [0.5, 0.6) is 0 Å². The van der Waals surface area contributed by atoms with Crippen molar-refractivity contribution in [3.8, 4) is 11.5 Å². The zero-order valence-electron chi connectivity index (χ0n) is 13.8. The summed E-state index contributed by atoms with van der Waals surface area (Å²) in [6.45, 7) is 0. The van der Waals surface area contributed by atoms with Gasteiger partial charge in [-0.05, 0) is 42.0 Å². The maximum absolute atomic E-state index is 12.4. The summed E-state index contributed by atoms with van der Waals surface area (Å²) in [6.07, 6.45) is 0.300. The molecule has 5 heteroatoms. The van der Waals surface area contributed by atoms with Crippen LogP contribution >= 0.6 is 15.9 Å². The molecule has 0 saturated heterocycles. The molecule has 1 heterocycles. The van der Waals surface area contributed by atoms with Crippen LogP contribution in [-0.4, -0.2) is 10.9 Å². The number of carbonyl (C=O) groups is 1. The summed E-state index contributed by atoms with van der Waals surface area (Å²) in [5, 5.41) is 2.93. The third-order valence-electron chi connectivity index (χ3n) is 4.00. The Morgan fingerprint density at radius 1 is 1.00 bits per heavy atom. The molecule has 0 bridgehead atoms. The molecule has 0 saturated carbocycles. The van der Waals surface area contributed by atoms with Crippen molar-refractivity contribution in [1.29, 1.82) is 0 Å². The molecule has 1 aromatic heterocycles. The standard InChI is InChI=1S/C21H15BrN2O2/c22-17-9-2-1-6-14(17)13-20(25)23-16-8-5-7-15(12-16)21-24-18-10-3-4-11-19(18)26-21/h1-12H,13H2,(H,23,25). The number of nitrogens with one attached hydrogen (secondary N) is 1. The summed E-state index contributed by atoms with van der Waals surface area (Å²) in [7, 11) is 0. The van der Waals surface area contributed by atoms with E-state index in [0.29, 0.717) is 18.0 Å². The van der Waals surface area contributed by atoms with Gasteiger partial charge in [0.05, 0.1) is 6.42 Å². The molecule has 1 N–H and O–H groups in total. The summed E-state index contributed by atoms with van der Waals surface area (Å²) in [5.41, 5.74) is 4.03. The van der Waals surface area contributed by atoms with E-state index in [-0.39, 0.29) is 5.91 Å². The Labute approximate surface area is 159 Å². The second-order valence-electron chi connectivity index (χ2n) is 5.88. The van der Waals surface area contributed by atoms with E-state index < -0.39 is 0 Å². The van der Waals surface area contributed by atoms with Crippen LogP contribution in [0.4, 0.5) is 5.69 Å². The number of para-hydroxylation sites is 2. The van der Waals surface area contributed by atoms with Gasteiger partial charge in [-0.2, -0.15) is 0 Å². The molecular weight excluding hydrogens is 392 g/mol. The van der Waals surface area contributed by atoms with Crippen LogP contribution in [0.3, 0.4) is 0 Å². The van der Waals surface area contributed by atoms with Gasteiger partial charge in [0.25, 0.3) is 0 Å². The fourth-order valence-electron chi connectivity index (χ4n) is 2.75. The van der Waals surface area contributed by atoms with Crippen LogP contribution in [0.15, 0.2) is 81.7 Å². The minimum absolute atomic E-state index is 0.0772. The Bertz CT molecular complexity index is 1060. The van der Waals surface area contributed by atoms with E-state index in [4.69, 9.17) is 4.42 Å². The lowest BCUT2D eigenvalue weighted by Crippen LogP contribution is -2.14. The van der Waals surface area contributed by atoms with E-state index >= 15 is 0 Å². The lowest BCUT2D eigenvalue weighted by atomic mass is 10.1. The van der Waals surface area contributed by atoms with Crippen LogP contribution in [0, 0.1) is 0 Å². The van der Waals surface area contributed by atoms with Crippen LogP contribution in [0.25, 0.3) is 22.6 Å². The van der Waals surface area contributed by atoms with Gasteiger partial charge in [-0.1, -0.05) is 52.3 Å². The van der Waals surface area contributed by atoms with Crippen LogP contribution in [0.2, 0.25) is 0 Å². The Morgan fingerprint density at radius 3 is 2.65 bits per heavy atom. The number of carbonyl (C=O) groups excluding carboxylic acids is 1. The molecule has 0 unspecified atom stereocenters. The van der Waals surface area contributed by atoms with Crippen LogP contribution in [0.1, 0.15) is 5.56 Å². The van der Waals surface area contributed by atoms with Gasteiger partial charge in [-0.25, -0.2) is 4.98 Å². The highest BCUT2D eigenvalue weighted by Crippen LogP contribution is 2.26. The topological polar surface area (TPSA) is 55.1 Å². The van der Waals surface area contributed by atoms with E-state index in [2.05, 4.69) is 26.2 Å². The molecule has 1 amide bonds. The third-order valence-corrected chi connectivity index (χ3v) is 4.77. The summed E-state index contributed by atoms with van der Waals surface area (Å²) >= 11 is 3.47. The minimum Gasteiger partial charge on any atom is -0.436 e. The average Bonchev–Trinajstić information content (AvgIpc) is 3.08. The first-order chi connectivity index (χ1) is 12.7. The number of hydrogen-bond acceptors (Lipinski definition) is 3. The number of halogens is 1. The van der Waals surface area contributed by atoms with Crippen LogP contribution < -0.4 is 5.32 Å². The number of anilines is 1. The average molecular weight is 407 g/mol. The summed E-state index contributed by atoms with van der Waals surface area (Å²) < 4.78 is 6.72. The number of nitrogens with zero attached hydrogens (tertiary/aromatic N) is 1. The molecule has 0 atom stereocenters. The van der Waals surface area contributed by atoms with Crippen molar-refractivity contribution in [2.75, 3.05) is 5.32 Å². The fourth-order valence-corrected chi connectivity index (χ4v) is 3.17. The Morgan fingerprint density at radius 2 is 1.81 bits per heavy atom. The first-order valence-electron chi connectivity index (χ1n) is 8.18.